The fraction of sp³-hybridized carbons (Fsp3) is 0.562. The minimum absolute atomic E-state index is 0.0347. The Morgan fingerprint density at radius 2 is 1.90 bits per heavy atom. The lowest BCUT2D eigenvalue weighted by molar-refractivity contribution is -0.127. The minimum atomic E-state index is -0.598. The van der Waals surface area contributed by atoms with Crippen LogP contribution in [0.2, 0.25) is 0 Å². The summed E-state index contributed by atoms with van der Waals surface area (Å²) in [6.45, 7) is 11.3. The van der Waals surface area contributed by atoms with Crippen LogP contribution in [0.25, 0.3) is 0 Å². The number of hydrogen-bond donors (Lipinski definition) is 1. The predicted octanol–water partition coefficient (Wildman–Crippen LogP) is 2.81. The number of aliphatic imine (C=N–C) groups is 2. The summed E-state index contributed by atoms with van der Waals surface area (Å²) in [5.41, 5.74) is 1.18. The zero-order valence-corrected chi connectivity index (χ0v) is 13.5. The summed E-state index contributed by atoms with van der Waals surface area (Å²) in [6, 6.07) is -0.0985. The van der Waals surface area contributed by atoms with E-state index in [0.717, 1.165) is 11.4 Å². The molecule has 1 amide bonds. The summed E-state index contributed by atoms with van der Waals surface area (Å²) in [4.78, 5) is 20.6. The lowest BCUT2D eigenvalue weighted by Gasteiger charge is -2.24. The van der Waals surface area contributed by atoms with E-state index in [1.54, 1.807) is 20.2 Å². The normalized spacial score (nSPS) is 15.3. The molecule has 0 saturated carbocycles. The van der Waals surface area contributed by atoms with Gasteiger partial charge in [0.25, 0.3) is 0 Å². The first-order chi connectivity index (χ1) is 9.28. The molecule has 1 unspecified atom stereocenters. The number of nitrogens with zero attached hydrogens (tertiary/aromatic N) is 2. The van der Waals surface area contributed by atoms with Crippen molar-refractivity contribution in [2.75, 3.05) is 14.1 Å². The Morgan fingerprint density at radius 1 is 1.30 bits per heavy atom. The van der Waals surface area contributed by atoms with Crippen molar-refractivity contribution >= 4 is 17.3 Å². The molecule has 0 heterocycles. The highest BCUT2D eigenvalue weighted by Crippen LogP contribution is 2.18. The van der Waals surface area contributed by atoms with Crippen LogP contribution in [0.3, 0.4) is 0 Å². The van der Waals surface area contributed by atoms with Gasteiger partial charge in [-0.3, -0.25) is 14.8 Å². The summed E-state index contributed by atoms with van der Waals surface area (Å²) >= 11 is 0. The molecule has 0 saturated heterocycles. The first-order valence-electron chi connectivity index (χ1n) is 6.76. The fourth-order valence-corrected chi connectivity index (χ4v) is 1.48. The van der Waals surface area contributed by atoms with Gasteiger partial charge in [0.1, 0.15) is 0 Å². The Balaban J connectivity index is 4.95. The van der Waals surface area contributed by atoms with Crippen LogP contribution < -0.4 is 5.32 Å². The Labute approximate surface area is 122 Å². The van der Waals surface area contributed by atoms with E-state index >= 15 is 0 Å². The minimum Gasteiger partial charge on any atom is -0.347 e. The largest absolute Gasteiger partial charge is 0.347 e. The number of rotatable bonds is 7. The smallest absolute Gasteiger partial charge is 0.230 e. The van der Waals surface area contributed by atoms with Crippen molar-refractivity contribution in [1.82, 2.24) is 5.32 Å². The molecule has 0 aromatic carbocycles. The van der Waals surface area contributed by atoms with E-state index in [1.165, 1.54) is 0 Å². The zero-order chi connectivity index (χ0) is 15.8. The van der Waals surface area contributed by atoms with Gasteiger partial charge in [-0.2, -0.15) is 0 Å². The number of nitrogens with one attached hydrogen (secondary N) is 1. The number of hydrogen-bond acceptors (Lipinski definition) is 3. The van der Waals surface area contributed by atoms with Crippen LogP contribution in [-0.4, -0.2) is 37.5 Å². The van der Waals surface area contributed by atoms with E-state index in [9.17, 15) is 4.79 Å². The molecule has 1 N–H and O–H groups in total. The van der Waals surface area contributed by atoms with Crippen LogP contribution in [-0.2, 0) is 4.79 Å². The van der Waals surface area contributed by atoms with Crippen LogP contribution >= 0.6 is 0 Å². The molecule has 0 rings (SSSR count). The molecular formula is C16H27N3O. The highest BCUT2D eigenvalue weighted by atomic mass is 16.2. The molecule has 0 aliphatic heterocycles. The van der Waals surface area contributed by atoms with Crippen LogP contribution in [0.15, 0.2) is 34.8 Å². The standard InChI is InChI=1S/C16H27N3O/c1-8-9-14(13(3)18-7)19-15(20)16(4,5)11-10-12(2)17-6/h8,10-11,14H,1,9H2,2-7H3,(H,19,20). The first kappa shape index (κ1) is 18.3. The van der Waals surface area contributed by atoms with Crippen molar-refractivity contribution in [1.29, 1.82) is 0 Å². The Morgan fingerprint density at radius 3 is 2.35 bits per heavy atom. The molecule has 112 valence electrons. The van der Waals surface area contributed by atoms with Crippen molar-refractivity contribution in [3.8, 4) is 0 Å². The second-order valence-electron chi connectivity index (χ2n) is 5.34. The molecule has 0 aliphatic rings. The lowest BCUT2D eigenvalue weighted by Crippen LogP contribution is -2.45. The van der Waals surface area contributed by atoms with Crippen molar-refractivity contribution in [2.24, 2.45) is 15.4 Å². The summed E-state index contributed by atoms with van der Waals surface area (Å²) in [7, 11) is 3.46. The Hall–Kier alpha value is -1.71. The monoisotopic (exact) mass is 277 g/mol. The number of carbonyl (C=O) groups is 1. The maximum atomic E-state index is 12.4. The fourth-order valence-electron chi connectivity index (χ4n) is 1.48. The SMILES string of the molecule is C=CCC(NC(=O)C(C)(C)C=CC(C)=NC)C(C)=NC. The molecule has 0 aliphatic carbocycles. The average molecular weight is 277 g/mol. The first-order valence-corrected chi connectivity index (χ1v) is 6.76. The van der Waals surface area contributed by atoms with Crippen molar-refractivity contribution in [3.63, 3.8) is 0 Å². The molecule has 0 spiro atoms. The van der Waals surface area contributed by atoms with Gasteiger partial charge in [0.2, 0.25) is 5.91 Å². The second-order valence-corrected chi connectivity index (χ2v) is 5.34. The summed E-state index contributed by atoms with van der Waals surface area (Å²) < 4.78 is 0. The molecule has 0 aromatic rings. The quantitative estimate of drug-likeness (QED) is 0.564. The molecule has 0 bridgehead atoms. The van der Waals surface area contributed by atoms with Crippen LogP contribution in [0.5, 0.6) is 0 Å². The lowest BCUT2D eigenvalue weighted by atomic mass is 9.90. The highest BCUT2D eigenvalue weighted by molar-refractivity contribution is 5.96. The van der Waals surface area contributed by atoms with Crippen molar-refractivity contribution in [3.05, 3.63) is 24.8 Å². The number of allylic oxidation sites excluding steroid dienone is 1. The van der Waals surface area contributed by atoms with E-state index in [4.69, 9.17) is 0 Å². The van der Waals surface area contributed by atoms with Gasteiger partial charge in [-0.15, -0.1) is 6.58 Å². The maximum Gasteiger partial charge on any atom is 0.230 e. The predicted molar refractivity (Wildman–Crippen MR) is 87.7 cm³/mol. The average Bonchev–Trinajstić information content (AvgIpc) is 2.43. The van der Waals surface area contributed by atoms with E-state index in [1.807, 2.05) is 39.8 Å². The van der Waals surface area contributed by atoms with Crippen LogP contribution in [0.4, 0.5) is 0 Å². The number of carbonyl (C=O) groups excluding carboxylic acids is 1. The summed E-state index contributed by atoms with van der Waals surface area (Å²) in [6.07, 6.45) is 6.19. The third-order valence-electron chi connectivity index (χ3n) is 3.24. The van der Waals surface area contributed by atoms with Crippen LogP contribution in [0.1, 0.15) is 34.1 Å². The molecule has 4 heteroatoms. The summed E-state index contributed by atoms with van der Waals surface area (Å²) in [5.74, 6) is -0.0347. The van der Waals surface area contributed by atoms with Crippen LogP contribution in [0, 0.1) is 5.41 Å². The van der Waals surface area contributed by atoms with Gasteiger partial charge in [0.15, 0.2) is 0 Å². The molecular weight excluding hydrogens is 250 g/mol. The van der Waals surface area contributed by atoms with Gasteiger partial charge in [0.05, 0.1) is 11.5 Å². The third kappa shape index (κ3) is 5.95. The summed E-state index contributed by atoms with van der Waals surface area (Å²) in [5, 5.41) is 3.02. The maximum absolute atomic E-state index is 12.4. The molecule has 0 aromatic heterocycles. The molecule has 0 radical (unpaired) electrons. The zero-order valence-electron chi connectivity index (χ0n) is 13.5. The van der Waals surface area contributed by atoms with Gasteiger partial charge < -0.3 is 5.32 Å². The van der Waals surface area contributed by atoms with Gasteiger partial charge >= 0.3 is 0 Å². The molecule has 4 nitrogen and oxygen atoms in total. The van der Waals surface area contributed by atoms with Gasteiger partial charge in [0, 0.05) is 25.5 Å². The third-order valence-corrected chi connectivity index (χ3v) is 3.24. The van der Waals surface area contributed by atoms with Crippen molar-refractivity contribution in [2.45, 2.75) is 40.2 Å². The Kier molecular flexibility index (Phi) is 7.74. The topological polar surface area (TPSA) is 53.8 Å². The molecule has 0 fully saturated rings. The van der Waals surface area contributed by atoms with Gasteiger partial charge in [-0.25, -0.2) is 0 Å². The van der Waals surface area contributed by atoms with E-state index in [2.05, 4.69) is 21.9 Å². The molecule has 20 heavy (non-hydrogen) atoms. The number of amides is 1. The molecule has 1 atom stereocenters. The van der Waals surface area contributed by atoms with E-state index in [0.29, 0.717) is 6.42 Å². The van der Waals surface area contributed by atoms with E-state index in [-0.39, 0.29) is 11.9 Å². The Bertz CT molecular complexity index is 431. The van der Waals surface area contributed by atoms with E-state index < -0.39 is 5.41 Å². The van der Waals surface area contributed by atoms with Gasteiger partial charge in [-0.05, 0) is 40.2 Å². The second kappa shape index (κ2) is 8.46. The van der Waals surface area contributed by atoms with Gasteiger partial charge in [-0.1, -0.05) is 12.2 Å². The van der Waals surface area contributed by atoms with Crippen molar-refractivity contribution < 1.29 is 4.79 Å². The highest BCUT2D eigenvalue weighted by Gasteiger charge is 2.27.